The fourth-order valence-electron chi connectivity index (χ4n) is 4.45. The number of hydrogen-bond donors (Lipinski definition) is 1. The number of hydrogen-bond acceptors (Lipinski definition) is 3. The van der Waals surface area contributed by atoms with Crippen LogP contribution in [0.4, 0.5) is 5.69 Å². The van der Waals surface area contributed by atoms with Gasteiger partial charge in [-0.3, -0.25) is 4.79 Å². The minimum absolute atomic E-state index is 0.0976. The van der Waals surface area contributed by atoms with Gasteiger partial charge in [-0.1, -0.05) is 31.9 Å². The Kier molecular flexibility index (Phi) is 4.93. The number of rotatable bonds is 6. The van der Waals surface area contributed by atoms with Gasteiger partial charge in [0, 0.05) is 24.7 Å². The normalized spacial score (nSPS) is 28.5. The molecule has 0 heterocycles. The second-order valence-electron chi connectivity index (χ2n) is 7.33. The Bertz CT molecular complexity index is 606. The Labute approximate surface area is 145 Å². The molecule has 0 bridgehead atoms. The molecule has 0 aliphatic heterocycles. The molecule has 24 heavy (non-hydrogen) atoms. The summed E-state index contributed by atoms with van der Waals surface area (Å²) in [5.74, 6) is 0.845. The van der Waals surface area contributed by atoms with E-state index in [1.807, 2.05) is 12.1 Å². The van der Waals surface area contributed by atoms with Crippen molar-refractivity contribution < 1.29 is 4.79 Å². The summed E-state index contributed by atoms with van der Waals surface area (Å²) in [6.07, 6.45) is 6.65. The quantitative estimate of drug-likeness (QED) is 0.638. The van der Waals surface area contributed by atoms with Crippen molar-refractivity contribution >= 4 is 17.8 Å². The summed E-state index contributed by atoms with van der Waals surface area (Å²) in [6.45, 7) is 8.58. The highest BCUT2D eigenvalue weighted by Crippen LogP contribution is 2.66. The van der Waals surface area contributed by atoms with Crippen LogP contribution in [0.15, 0.2) is 29.4 Å². The lowest BCUT2D eigenvalue weighted by Crippen LogP contribution is -2.22. The topological polar surface area (TPSA) is 44.7 Å². The number of hydrazone groups is 1. The SMILES string of the molecule is CCN(CC)c1ccc(/C=N/NC(=O)[C@@H]2[C@H]3CCCC[C@@]32C)cc1. The highest BCUT2D eigenvalue weighted by molar-refractivity contribution is 5.86. The molecule has 2 saturated carbocycles. The maximum atomic E-state index is 12.4. The third-order valence-corrected chi connectivity index (χ3v) is 6.02. The Morgan fingerprint density at radius 2 is 2.00 bits per heavy atom. The van der Waals surface area contributed by atoms with Crippen LogP contribution in [0.5, 0.6) is 0 Å². The lowest BCUT2D eigenvalue weighted by atomic mass is 9.90. The van der Waals surface area contributed by atoms with Gasteiger partial charge in [-0.15, -0.1) is 0 Å². The van der Waals surface area contributed by atoms with Crippen LogP contribution >= 0.6 is 0 Å². The number of nitrogens with zero attached hydrogens (tertiary/aromatic N) is 2. The minimum Gasteiger partial charge on any atom is -0.372 e. The first-order chi connectivity index (χ1) is 11.6. The fourth-order valence-corrected chi connectivity index (χ4v) is 4.45. The van der Waals surface area contributed by atoms with Crippen molar-refractivity contribution in [2.75, 3.05) is 18.0 Å². The van der Waals surface area contributed by atoms with Gasteiger partial charge in [0.25, 0.3) is 0 Å². The van der Waals surface area contributed by atoms with E-state index in [9.17, 15) is 4.79 Å². The minimum atomic E-state index is 0.0976. The average molecular weight is 327 g/mol. The molecule has 4 heteroatoms. The highest BCUT2D eigenvalue weighted by atomic mass is 16.2. The molecule has 1 amide bonds. The summed E-state index contributed by atoms with van der Waals surface area (Å²) < 4.78 is 0. The average Bonchev–Trinajstić information content (AvgIpc) is 3.23. The Morgan fingerprint density at radius 1 is 1.29 bits per heavy atom. The van der Waals surface area contributed by atoms with Crippen LogP contribution in [0.25, 0.3) is 0 Å². The molecule has 1 N–H and O–H groups in total. The summed E-state index contributed by atoms with van der Waals surface area (Å²) >= 11 is 0. The first kappa shape index (κ1) is 17.0. The van der Waals surface area contributed by atoms with E-state index in [0.717, 1.165) is 18.7 Å². The first-order valence-electron chi connectivity index (χ1n) is 9.28. The monoisotopic (exact) mass is 327 g/mol. The number of carbonyl (C=O) groups is 1. The van der Waals surface area contributed by atoms with Crippen LogP contribution in [0.2, 0.25) is 0 Å². The van der Waals surface area contributed by atoms with Gasteiger partial charge in [0.2, 0.25) is 5.91 Å². The molecule has 0 unspecified atom stereocenters. The standard InChI is InChI=1S/C20H29N3O/c1-4-23(5-2)16-11-9-15(10-12-16)14-21-22-19(24)18-17-8-6-7-13-20(17,18)3/h9-12,14,17-18H,4-8,13H2,1-3H3,(H,22,24)/b21-14+/t17-,18+,20+/m1/s1. The number of amides is 1. The van der Waals surface area contributed by atoms with E-state index >= 15 is 0 Å². The highest BCUT2D eigenvalue weighted by Gasteiger charge is 2.64. The van der Waals surface area contributed by atoms with Gasteiger partial charge >= 0.3 is 0 Å². The lowest BCUT2D eigenvalue weighted by molar-refractivity contribution is -0.123. The predicted molar refractivity (Wildman–Crippen MR) is 99.3 cm³/mol. The zero-order valence-corrected chi connectivity index (χ0v) is 15.1. The molecule has 3 rings (SSSR count). The van der Waals surface area contributed by atoms with Crippen LogP contribution in [-0.4, -0.2) is 25.2 Å². The molecule has 2 fully saturated rings. The van der Waals surface area contributed by atoms with E-state index in [0.29, 0.717) is 5.92 Å². The second-order valence-corrected chi connectivity index (χ2v) is 7.33. The van der Waals surface area contributed by atoms with E-state index in [4.69, 9.17) is 0 Å². The third-order valence-electron chi connectivity index (χ3n) is 6.02. The molecule has 1 aromatic carbocycles. The van der Waals surface area contributed by atoms with Crippen molar-refractivity contribution in [2.24, 2.45) is 22.4 Å². The molecule has 2 aliphatic carbocycles. The van der Waals surface area contributed by atoms with Crippen LogP contribution in [0.3, 0.4) is 0 Å². The Hall–Kier alpha value is -1.84. The second kappa shape index (κ2) is 6.96. The van der Waals surface area contributed by atoms with Crippen molar-refractivity contribution in [3.8, 4) is 0 Å². The van der Waals surface area contributed by atoms with Crippen molar-refractivity contribution in [3.05, 3.63) is 29.8 Å². The van der Waals surface area contributed by atoms with E-state index in [1.54, 1.807) is 6.21 Å². The van der Waals surface area contributed by atoms with E-state index in [-0.39, 0.29) is 17.2 Å². The molecular weight excluding hydrogens is 298 g/mol. The van der Waals surface area contributed by atoms with Crippen LogP contribution in [-0.2, 0) is 4.79 Å². The van der Waals surface area contributed by atoms with Crippen molar-refractivity contribution in [1.29, 1.82) is 0 Å². The van der Waals surface area contributed by atoms with Gasteiger partial charge in [-0.2, -0.15) is 5.10 Å². The van der Waals surface area contributed by atoms with E-state index in [1.165, 1.54) is 31.4 Å². The third kappa shape index (κ3) is 3.19. The molecule has 1 aromatic rings. The largest absolute Gasteiger partial charge is 0.372 e. The molecule has 0 radical (unpaired) electrons. The molecule has 0 saturated heterocycles. The zero-order valence-electron chi connectivity index (χ0n) is 15.1. The number of carbonyl (C=O) groups excluding carboxylic acids is 1. The summed E-state index contributed by atoms with van der Waals surface area (Å²) in [4.78, 5) is 14.7. The number of anilines is 1. The molecule has 130 valence electrons. The van der Waals surface area contributed by atoms with Gasteiger partial charge in [-0.05, 0) is 55.7 Å². The number of benzene rings is 1. The van der Waals surface area contributed by atoms with E-state index < -0.39 is 0 Å². The molecule has 0 aromatic heterocycles. The fraction of sp³-hybridized carbons (Fsp3) is 0.600. The maximum Gasteiger partial charge on any atom is 0.244 e. The van der Waals surface area contributed by atoms with Gasteiger partial charge in [0.1, 0.15) is 0 Å². The molecule has 0 spiro atoms. The van der Waals surface area contributed by atoms with E-state index in [2.05, 4.69) is 48.3 Å². The van der Waals surface area contributed by atoms with Crippen LogP contribution in [0.1, 0.15) is 52.0 Å². The maximum absolute atomic E-state index is 12.4. The number of nitrogens with one attached hydrogen (secondary N) is 1. The summed E-state index contributed by atoms with van der Waals surface area (Å²) in [7, 11) is 0. The molecule has 4 nitrogen and oxygen atoms in total. The lowest BCUT2D eigenvalue weighted by Gasteiger charge is -2.20. The van der Waals surface area contributed by atoms with Gasteiger partial charge in [0.05, 0.1) is 6.21 Å². The van der Waals surface area contributed by atoms with Crippen LogP contribution < -0.4 is 10.3 Å². The van der Waals surface area contributed by atoms with Gasteiger partial charge in [0.15, 0.2) is 0 Å². The molecule has 2 aliphatic rings. The smallest absolute Gasteiger partial charge is 0.244 e. The molecule has 3 atom stereocenters. The first-order valence-corrected chi connectivity index (χ1v) is 9.28. The van der Waals surface area contributed by atoms with Gasteiger partial charge in [-0.25, -0.2) is 5.43 Å². The van der Waals surface area contributed by atoms with Crippen molar-refractivity contribution in [2.45, 2.75) is 46.5 Å². The van der Waals surface area contributed by atoms with Crippen molar-refractivity contribution in [3.63, 3.8) is 0 Å². The Balaban J connectivity index is 1.54. The summed E-state index contributed by atoms with van der Waals surface area (Å²) in [5, 5.41) is 4.17. The summed E-state index contributed by atoms with van der Waals surface area (Å²) in [5.41, 5.74) is 5.22. The predicted octanol–water partition coefficient (Wildman–Crippen LogP) is 3.81. The Morgan fingerprint density at radius 3 is 2.58 bits per heavy atom. The zero-order chi connectivity index (χ0) is 17.2. The van der Waals surface area contributed by atoms with Gasteiger partial charge < -0.3 is 4.90 Å². The molecular formula is C20H29N3O. The van der Waals surface area contributed by atoms with Crippen LogP contribution in [0, 0.1) is 17.3 Å². The number of fused-ring (bicyclic) bond motifs is 1. The van der Waals surface area contributed by atoms with Crippen molar-refractivity contribution in [1.82, 2.24) is 5.43 Å². The summed E-state index contributed by atoms with van der Waals surface area (Å²) in [6, 6.07) is 8.29.